The number of rotatable bonds is 5. The van der Waals surface area contributed by atoms with Gasteiger partial charge >= 0.3 is 0 Å². The minimum atomic E-state index is -0.394. The van der Waals surface area contributed by atoms with Gasteiger partial charge in [0.2, 0.25) is 11.7 Å². The second-order valence-corrected chi connectivity index (χ2v) is 4.53. The zero-order chi connectivity index (χ0) is 15.2. The lowest BCUT2D eigenvalue weighted by Crippen LogP contribution is -2.35. The predicted molar refractivity (Wildman–Crippen MR) is 77.8 cm³/mol. The number of aromatic amines is 1. The molecule has 0 aliphatic carbocycles. The fourth-order valence-corrected chi connectivity index (χ4v) is 1.73. The number of carbonyl (C=O) groups is 2. The van der Waals surface area contributed by atoms with Crippen LogP contribution in [0.1, 0.15) is 23.4 Å². The van der Waals surface area contributed by atoms with Crippen LogP contribution >= 0.6 is 0 Å². The Bertz CT molecular complexity index is 623. The second-order valence-electron chi connectivity index (χ2n) is 4.53. The van der Waals surface area contributed by atoms with Crippen LogP contribution in [0, 0.1) is 0 Å². The van der Waals surface area contributed by atoms with Crippen molar-refractivity contribution in [1.29, 1.82) is 0 Å². The van der Waals surface area contributed by atoms with Crippen molar-refractivity contribution in [3.8, 4) is 0 Å². The van der Waals surface area contributed by atoms with Crippen LogP contribution in [0.2, 0.25) is 0 Å². The first kappa shape index (κ1) is 14.7. The van der Waals surface area contributed by atoms with Gasteiger partial charge in [-0.25, -0.2) is 4.98 Å². The summed E-state index contributed by atoms with van der Waals surface area (Å²) in [5.74, 6) is 0.0415. The Balaban J connectivity index is 1.92. The van der Waals surface area contributed by atoms with E-state index in [4.69, 9.17) is 0 Å². The summed E-state index contributed by atoms with van der Waals surface area (Å²) in [6, 6.07) is 9.07. The number of aromatic nitrogens is 3. The Hall–Kier alpha value is -2.70. The SMILES string of the molecule is CCc1nc(C(=O)N(C)CC(=O)Nc2ccccc2)n[nH]1. The standard InChI is InChI=1S/C14H17N5O2/c1-3-11-16-13(18-17-11)14(21)19(2)9-12(20)15-10-7-5-4-6-8-10/h4-8H,3,9H2,1-2H3,(H,15,20)(H,16,17,18). The highest BCUT2D eigenvalue weighted by Crippen LogP contribution is 2.05. The van der Waals surface area contributed by atoms with Crippen LogP contribution in [0.5, 0.6) is 0 Å². The van der Waals surface area contributed by atoms with Crippen molar-refractivity contribution in [2.24, 2.45) is 0 Å². The Kier molecular flexibility index (Phi) is 4.65. The minimum absolute atomic E-state index is 0.0657. The summed E-state index contributed by atoms with van der Waals surface area (Å²) < 4.78 is 0. The van der Waals surface area contributed by atoms with E-state index in [2.05, 4.69) is 20.5 Å². The van der Waals surface area contributed by atoms with E-state index in [9.17, 15) is 9.59 Å². The van der Waals surface area contributed by atoms with Crippen molar-refractivity contribution >= 4 is 17.5 Å². The molecular formula is C14H17N5O2. The third kappa shape index (κ3) is 3.88. The highest BCUT2D eigenvalue weighted by molar-refractivity contribution is 5.97. The maximum absolute atomic E-state index is 12.1. The van der Waals surface area contributed by atoms with Crippen molar-refractivity contribution < 1.29 is 9.59 Å². The number of nitrogens with one attached hydrogen (secondary N) is 2. The lowest BCUT2D eigenvalue weighted by molar-refractivity contribution is -0.116. The molecule has 0 saturated heterocycles. The van der Waals surface area contributed by atoms with Crippen LogP contribution in [0.15, 0.2) is 30.3 Å². The molecule has 2 amide bonds. The van der Waals surface area contributed by atoms with Gasteiger partial charge in [-0.1, -0.05) is 25.1 Å². The molecule has 0 aliphatic heterocycles. The third-order valence-corrected chi connectivity index (χ3v) is 2.84. The van der Waals surface area contributed by atoms with Gasteiger partial charge in [-0.2, -0.15) is 0 Å². The van der Waals surface area contributed by atoms with Gasteiger partial charge in [0.1, 0.15) is 5.82 Å². The lowest BCUT2D eigenvalue weighted by atomic mass is 10.3. The number of likely N-dealkylation sites (N-methyl/N-ethyl adjacent to an activating group) is 1. The largest absolute Gasteiger partial charge is 0.330 e. The number of amides is 2. The topological polar surface area (TPSA) is 91.0 Å². The van der Waals surface area contributed by atoms with Crippen LogP contribution < -0.4 is 5.32 Å². The summed E-state index contributed by atoms with van der Waals surface area (Å²) >= 11 is 0. The van der Waals surface area contributed by atoms with E-state index in [1.165, 1.54) is 11.9 Å². The van der Waals surface area contributed by atoms with Gasteiger partial charge in [0.25, 0.3) is 5.91 Å². The molecule has 0 aliphatic rings. The summed E-state index contributed by atoms with van der Waals surface area (Å²) in [7, 11) is 1.54. The lowest BCUT2D eigenvalue weighted by Gasteiger charge is -2.14. The predicted octanol–water partition coefficient (Wildman–Crippen LogP) is 1.08. The molecule has 2 rings (SSSR count). The molecule has 21 heavy (non-hydrogen) atoms. The van der Waals surface area contributed by atoms with Gasteiger partial charge in [0.15, 0.2) is 0 Å². The maximum atomic E-state index is 12.1. The molecule has 1 aromatic heterocycles. The van der Waals surface area contributed by atoms with E-state index in [1.807, 2.05) is 25.1 Å². The number of carbonyl (C=O) groups excluding carboxylic acids is 2. The van der Waals surface area contributed by atoms with Crippen molar-refractivity contribution in [2.45, 2.75) is 13.3 Å². The van der Waals surface area contributed by atoms with E-state index in [0.29, 0.717) is 17.9 Å². The number of para-hydroxylation sites is 1. The molecule has 0 saturated carbocycles. The molecule has 7 heteroatoms. The molecule has 0 spiro atoms. The molecule has 7 nitrogen and oxygen atoms in total. The van der Waals surface area contributed by atoms with Crippen LogP contribution in [-0.4, -0.2) is 45.5 Å². The van der Waals surface area contributed by atoms with Gasteiger partial charge in [-0.15, -0.1) is 5.10 Å². The van der Waals surface area contributed by atoms with Crippen LogP contribution in [0.25, 0.3) is 0 Å². The molecule has 0 bridgehead atoms. The number of hydrogen-bond acceptors (Lipinski definition) is 4. The molecule has 110 valence electrons. The molecular weight excluding hydrogens is 270 g/mol. The van der Waals surface area contributed by atoms with Gasteiger partial charge in [-0.05, 0) is 12.1 Å². The number of hydrogen-bond donors (Lipinski definition) is 2. The second kappa shape index (κ2) is 6.65. The van der Waals surface area contributed by atoms with Crippen LogP contribution in [-0.2, 0) is 11.2 Å². The molecule has 0 atom stereocenters. The highest BCUT2D eigenvalue weighted by Gasteiger charge is 2.19. The van der Waals surface area contributed by atoms with E-state index >= 15 is 0 Å². The summed E-state index contributed by atoms with van der Waals surface area (Å²) in [6.07, 6.45) is 0.665. The number of nitrogens with zero attached hydrogens (tertiary/aromatic N) is 3. The summed E-state index contributed by atoms with van der Waals surface area (Å²) in [6.45, 7) is 1.84. The quantitative estimate of drug-likeness (QED) is 0.860. The normalized spacial score (nSPS) is 10.2. The summed E-state index contributed by atoms with van der Waals surface area (Å²) in [4.78, 5) is 29.3. The maximum Gasteiger partial charge on any atom is 0.293 e. The van der Waals surface area contributed by atoms with Crippen molar-refractivity contribution in [2.75, 3.05) is 18.9 Å². The Morgan fingerprint density at radius 3 is 2.62 bits per heavy atom. The number of H-pyrrole nitrogens is 1. The van der Waals surface area contributed by atoms with Gasteiger partial charge in [-0.3, -0.25) is 14.7 Å². The van der Waals surface area contributed by atoms with Crippen molar-refractivity contribution in [3.05, 3.63) is 42.0 Å². The first-order chi connectivity index (χ1) is 10.1. The highest BCUT2D eigenvalue weighted by atomic mass is 16.2. The molecule has 2 N–H and O–H groups in total. The fraction of sp³-hybridized carbons (Fsp3) is 0.286. The summed E-state index contributed by atoms with van der Waals surface area (Å²) in [5, 5.41) is 9.23. The average molecular weight is 287 g/mol. The van der Waals surface area contributed by atoms with Crippen LogP contribution in [0.3, 0.4) is 0 Å². The first-order valence-corrected chi connectivity index (χ1v) is 6.61. The van der Waals surface area contributed by atoms with E-state index < -0.39 is 5.91 Å². The van der Waals surface area contributed by atoms with Crippen LogP contribution in [0.4, 0.5) is 5.69 Å². The smallest absolute Gasteiger partial charge is 0.293 e. The van der Waals surface area contributed by atoms with Crippen molar-refractivity contribution in [3.63, 3.8) is 0 Å². The number of anilines is 1. The molecule has 0 unspecified atom stereocenters. The van der Waals surface area contributed by atoms with E-state index in [0.717, 1.165) is 0 Å². The van der Waals surface area contributed by atoms with Gasteiger partial charge < -0.3 is 10.2 Å². The van der Waals surface area contributed by atoms with Crippen molar-refractivity contribution in [1.82, 2.24) is 20.1 Å². The number of benzene rings is 1. The zero-order valence-corrected chi connectivity index (χ0v) is 12.0. The van der Waals surface area contributed by atoms with Gasteiger partial charge in [0, 0.05) is 19.2 Å². The molecule has 1 aromatic carbocycles. The van der Waals surface area contributed by atoms with Gasteiger partial charge in [0.05, 0.1) is 6.54 Å². The molecule has 0 radical (unpaired) electrons. The minimum Gasteiger partial charge on any atom is -0.330 e. The Morgan fingerprint density at radius 2 is 2.00 bits per heavy atom. The first-order valence-electron chi connectivity index (χ1n) is 6.61. The monoisotopic (exact) mass is 287 g/mol. The Morgan fingerprint density at radius 1 is 1.29 bits per heavy atom. The van der Waals surface area contributed by atoms with E-state index in [1.54, 1.807) is 12.1 Å². The summed E-state index contributed by atoms with van der Waals surface area (Å²) in [5.41, 5.74) is 0.689. The number of aryl methyl sites for hydroxylation is 1. The average Bonchev–Trinajstić information content (AvgIpc) is 2.96. The Labute approximate surface area is 122 Å². The third-order valence-electron chi connectivity index (χ3n) is 2.84. The fourth-order valence-electron chi connectivity index (χ4n) is 1.73. The zero-order valence-electron chi connectivity index (χ0n) is 12.0. The molecule has 1 heterocycles. The van der Waals surface area contributed by atoms with E-state index in [-0.39, 0.29) is 18.3 Å². The molecule has 0 fully saturated rings. The molecule has 2 aromatic rings.